The lowest BCUT2D eigenvalue weighted by Crippen LogP contribution is -2.29. The van der Waals surface area contributed by atoms with Crippen molar-refractivity contribution in [2.24, 2.45) is 5.73 Å². The molecule has 0 rings (SSSR count). The Balaban J connectivity index is 3.80. The molecule has 1 atom stereocenters. The van der Waals surface area contributed by atoms with Gasteiger partial charge in [-0.2, -0.15) is 13.2 Å². The van der Waals surface area contributed by atoms with E-state index in [-0.39, 0.29) is 5.88 Å². The van der Waals surface area contributed by atoms with Gasteiger partial charge in [-0.1, -0.05) is 0 Å². The van der Waals surface area contributed by atoms with Crippen molar-refractivity contribution in [3.8, 4) is 0 Å². The molecule has 0 radical (unpaired) electrons. The number of rotatable bonds is 3. The maximum Gasteiger partial charge on any atom is 0.423 e. The predicted molar refractivity (Wildman–Crippen MR) is 34.8 cm³/mol. The number of hydrogen-bond donors (Lipinski definition) is 1. The molecule has 0 saturated carbocycles. The smallest absolute Gasteiger partial charge is 0.423 e. The van der Waals surface area contributed by atoms with Crippen molar-refractivity contribution in [3.63, 3.8) is 0 Å². The first kappa shape index (κ1) is 11.1. The first-order chi connectivity index (χ1) is 5.38. The van der Waals surface area contributed by atoms with Gasteiger partial charge in [-0.15, -0.1) is 0 Å². The molecule has 0 amide bonds. The summed E-state index contributed by atoms with van der Waals surface area (Å²) in [5.74, 6) is -0.220. The third kappa shape index (κ3) is 4.05. The highest BCUT2D eigenvalue weighted by molar-refractivity contribution is 4.83. The Bertz CT molecular complexity index is 165. The summed E-state index contributed by atoms with van der Waals surface area (Å²) >= 11 is 0. The largest absolute Gasteiger partial charge is 0.476 e. The van der Waals surface area contributed by atoms with Crippen LogP contribution in [-0.2, 0) is 4.74 Å². The standard InChI is InChI=1S/C6H9F4NO/c1-2-5(11)12-3-4(7)6(8,9)10/h2,4H,3,11H2,1H3/b5-2+. The third-order valence-electron chi connectivity index (χ3n) is 1.04. The monoisotopic (exact) mass is 187 g/mol. The molecule has 0 saturated heterocycles. The Kier molecular flexibility index (Phi) is 3.85. The number of allylic oxidation sites excluding steroid dienone is 1. The van der Waals surface area contributed by atoms with Crippen LogP contribution in [-0.4, -0.2) is 19.0 Å². The van der Waals surface area contributed by atoms with Gasteiger partial charge in [0.2, 0.25) is 6.17 Å². The summed E-state index contributed by atoms with van der Waals surface area (Å²) in [6, 6.07) is 0. The second-order valence-corrected chi connectivity index (χ2v) is 2.01. The molecule has 12 heavy (non-hydrogen) atoms. The van der Waals surface area contributed by atoms with E-state index in [4.69, 9.17) is 5.73 Å². The zero-order valence-corrected chi connectivity index (χ0v) is 6.36. The zero-order valence-electron chi connectivity index (χ0n) is 6.36. The van der Waals surface area contributed by atoms with Crippen molar-refractivity contribution < 1.29 is 22.3 Å². The molecular formula is C6H9F4NO. The molecule has 0 aromatic heterocycles. The number of ether oxygens (including phenoxy) is 1. The number of nitrogens with two attached hydrogens (primary N) is 1. The van der Waals surface area contributed by atoms with Crippen molar-refractivity contribution in [1.29, 1.82) is 0 Å². The van der Waals surface area contributed by atoms with Crippen LogP contribution < -0.4 is 5.73 Å². The van der Waals surface area contributed by atoms with Gasteiger partial charge >= 0.3 is 6.18 Å². The van der Waals surface area contributed by atoms with Gasteiger partial charge in [0.05, 0.1) is 0 Å². The Labute approximate surface area is 67.0 Å². The van der Waals surface area contributed by atoms with E-state index in [1.54, 1.807) is 0 Å². The second-order valence-electron chi connectivity index (χ2n) is 2.01. The van der Waals surface area contributed by atoms with E-state index in [9.17, 15) is 17.6 Å². The van der Waals surface area contributed by atoms with Gasteiger partial charge in [0, 0.05) is 0 Å². The average Bonchev–Trinajstić information content (AvgIpc) is 1.97. The van der Waals surface area contributed by atoms with Crippen molar-refractivity contribution in [2.45, 2.75) is 19.3 Å². The molecule has 72 valence electrons. The third-order valence-corrected chi connectivity index (χ3v) is 1.04. The minimum atomic E-state index is -4.88. The number of halogens is 4. The molecule has 2 N–H and O–H groups in total. The van der Waals surface area contributed by atoms with Gasteiger partial charge in [-0.3, -0.25) is 0 Å². The lowest BCUT2D eigenvalue weighted by molar-refractivity contribution is -0.190. The SMILES string of the molecule is C/C=C(\N)OCC(F)C(F)(F)F. The summed E-state index contributed by atoms with van der Waals surface area (Å²) in [5.41, 5.74) is 4.97. The molecule has 0 aromatic carbocycles. The minimum absolute atomic E-state index is 0.220. The number of alkyl halides is 4. The van der Waals surface area contributed by atoms with Gasteiger partial charge in [0.1, 0.15) is 6.61 Å². The molecule has 0 aromatic rings. The molecule has 0 heterocycles. The van der Waals surface area contributed by atoms with E-state index < -0.39 is 19.0 Å². The van der Waals surface area contributed by atoms with Crippen LogP contribution in [0.5, 0.6) is 0 Å². The lowest BCUT2D eigenvalue weighted by atomic mass is 10.4. The maximum atomic E-state index is 12.1. The Hall–Kier alpha value is -0.940. The van der Waals surface area contributed by atoms with E-state index in [0.29, 0.717) is 0 Å². The van der Waals surface area contributed by atoms with Gasteiger partial charge in [0.15, 0.2) is 5.88 Å². The summed E-state index contributed by atoms with van der Waals surface area (Å²) in [6.07, 6.45) is -6.63. The summed E-state index contributed by atoms with van der Waals surface area (Å²) < 4.78 is 50.8. The molecule has 0 aliphatic carbocycles. The highest BCUT2D eigenvalue weighted by Crippen LogP contribution is 2.23. The molecular weight excluding hydrogens is 178 g/mol. The summed E-state index contributed by atoms with van der Waals surface area (Å²) in [4.78, 5) is 0. The molecule has 0 bridgehead atoms. The lowest BCUT2D eigenvalue weighted by Gasteiger charge is -2.12. The molecule has 6 heteroatoms. The molecule has 0 aliphatic rings. The van der Waals surface area contributed by atoms with Crippen molar-refractivity contribution >= 4 is 0 Å². The van der Waals surface area contributed by atoms with Crippen LogP contribution in [0.3, 0.4) is 0 Å². The Morgan fingerprint density at radius 3 is 2.42 bits per heavy atom. The van der Waals surface area contributed by atoms with Crippen molar-refractivity contribution in [1.82, 2.24) is 0 Å². The Morgan fingerprint density at radius 1 is 1.58 bits per heavy atom. The fraction of sp³-hybridized carbons (Fsp3) is 0.667. The Morgan fingerprint density at radius 2 is 2.08 bits per heavy atom. The molecule has 0 aliphatic heterocycles. The van der Waals surface area contributed by atoms with Crippen LogP contribution in [0, 0.1) is 0 Å². The van der Waals surface area contributed by atoms with Crippen molar-refractivity contribution in [3.05, 3.63) is 12.0 Å². The van der Waals surface area contributed by atoms with Crippen molar-refractivity contribution in [2.75, 3.05) is 6.61 Å². The molecule has 0 spiro atoms. The summed E-state index contributed by atoms with van der Waals surface area (Å²) in [7, 11) is 0. The second kappa shape index (κ2) is 4.18. The first-order valence-electron chi connectivity index (χ1n) is 3.13. The molecule has 0 fully saturated rings. The quantitative estimate of drug-likeness (QED) is 0.539. The normalized spacial score (nSPS) is 15.9. The maximum absolute atomic E-state index is 12.1. The van der Waals surface area contributed by atoms with Crippen LogP contribution >= 0.6 is 0 Å². The zero-order chi connectivity index (χ0) is 9.78. The van der Waals surface area contributed by atoms with Crippen LogP contribution in [0.25, 0.3) is 0 Å². The molecule has 2 nitrogen and oxygen atoms in total. The van der Waals surface area contributed by atoms with E-state index in [1.807, 2.05) is 0 Å². The first-order valence-corrected chi connectivity index (χ1v) is 3.13. The van der Waals surface area contributed by atoms with Gasteiger partial charge in [-0.25, -0.2) is 4.39 Å². The van der Waals surface area contributed by atoms with Gasteiger partial charge < -0.3 is 10.5 Å². The van der Waals surface area contributed by atoms with Crippen LogP contribution in [0.15, 0.2) is 12.0 Å². The topological polar surface area (TPSA) is 35.2 Å². The number of hydrogen-bond acceptors (Lipinski definition) is 2. The highest BCUT2D eigenvalue weighted by atomic mass is 19.4. The van der Waals surface area contributed by atoms with Crippen LogP contribution in [0.1, 0.15) is 6.92 Å². The van der Waals surface area contributed by atoms with E-state index >= 15 is 0 Å². The molecule has 1 unspecified atom stereocenters. The summed E-state index contributed by atoms with van der Waals surface area (Å²) in [6.45, 7) is 0.371. The van der Waals surface area contributed by atoms with E-state index in [0.717, 1.165) is 0 Å². The van der Waals surface area contributed by atoms with E-state index in [2.05, 4.69) is 4.74 Å². The summed E-state index contributed by atoms with van der Waals surface area (Å²) in [5, 5.41) is 0. The minimum Gasteiger partial charge on any atom is -0.476 e. The van der Waals surface area contributed by atoms with Crippen LogP contribution in [0.2, 0.25) is 0 Å². The highest BCUT2D eigenvalue weighted by Gasteiger charge is 2.40. The fourth-order valence-electron chi connectivity index (χ4n) is 0.347. The average molecular weight is 187 g/mol. The van der Waals surface area contributed by atoms with Gasteiger partial charge in [-0.05, 0) is 13.0 Å². The fourth-order valence-corrected chi connectivity index (χ4v) is 0.347. The predicted octanol–water partition coefficient (Wildman–Crippen LogP) is 1.72. The van der Waals surface area contributed by atoms with Gasteiger partial charge in [0.25, 0.3) is 0 Å². The van der Waals surface area contributed by atoms with E-state index in [1.165, 1.54) is 13.0 Å². The van der Waals surface area contributed by atoms with Crippen LogP contribution in [0.4, 0.5) is 17.6 Å².